The number of likely N-dealkylation sites (tertiary alicyclic amines) is 1. The molecular weight excluding hydrogens is 392 g/mol. The molecule has 142 valence electrons. The van der Waals surface area contributed by atoms with Crippen molar-refractivity contribution in [3.05, 3.63) is 56.0 Å². The minimum Gasteiger partial charge on any atom is -0.445 e. The Bertz CT molecular complexity index is 870. The zero-order valence-electron chi connectivity index (χ0n) is 14.0. The summed E-state index contributed by atoms with van der Waals surface area (Å²) >= 11 is 5.70. The second-order valence-electron chi connectivity index (χ2n) is 5.97. The Balaban J connectivity index is 1.66. The van der Waals surface area contributed by atoms with Crippen LogP contribution in [0.15, 0.2) is 29.6 Å². The molecule has 2 amide bonds. The lowest BCUT2D eigenvalue weighted by atomic mass is 10.2. The van der Waals surface area contributed by atoms with Crippen molar-refractivity contribution in [2.24, 2.45) is 5.73 Å². The van der Waals surface area contributed by atoms with Gasteiger partial charge < -0.3 is 10.5 Å². The van der Waals surface area contributed by atoms with E-state index in [0.29, 0.717) is 23.5 Å². The molecule has 9 nitrogen and oxygen atoms in total. The predicted octanol–water partition coefficient (Wildman–Crippen LogP) is 2.53. The number of benzene rings is 1. The van der Waals surface area contributed by atoms with Crippen molar-refractivity contribution in [1.82, 2.24) is 9.88 Å². The zero-order chi connectivity index (χ0) is 19.6. The number of nitro benzene ring substituents is 1. The van der Waals surface area contributed by atoms with Crippen LogP contribution in [-0.4, -0.2) is 38.6 Å². The van der Waals surface area contributed by atoms with Crippen LogP contribution in [0.5, 0.6) is 0 Å². The number of hydrogen-bond acceptors (Lipinski definition) is 8. The number of carbonyl (C=O) groups excluding carboxylic acids is 2. The van der Waals surface area contributed by atoms with Crippen LogP contribution in [0.4, 0.5) is 10.5 Å². The molecule has 1 aliphatic rings. The van der Waals surface area contributed by atoms with Gasteiger partial charge in [0.05, 0.1) is 11.0 Å². The van der Waals surface area contributed by atoms with Crippen LogP contribution in [0.25, 0.3) is 0 Å². The summed E-state index contributed by atoms with van der Waals surface area (Å²) in [6.45, 7) is 0.375. The van der Waals surface area contributed by atoms with Crippen LogP contribution in [0.3, 0.4) is 0 Å². The minimum absolute atomic E-state index is 0.0122. The summed E-state index contributed by atoms with van der Waals surface area (Å²) in [4.78, 5) is 39.6. The fourth-order valence-corrected chi connectivity index (χ4v) is 4.05. The van der Waals surface area contributed by atoms with Crippen LogP contribution in [0.1, 0.15) is 33.5 Å². The summed E-state index contributed by atoms with van der Waals surface area (Å²) in [7, 11) is 0. The van der Waals surface area contributed by atoms with Gasteiger partial charge in [0.15, 0.2) is 0 Å². The topological polar surface area (TPSA) is 129 Å². The van der Waals surface area contributed by atoms with Crippen LogP contribution in [-0.2, 0) is 11.3 Å². The third-order valence-corrected chi connectivity index (χ3v) is 5.40. The van der Waals surface area contributed by atoms with E-state index in [0.717, 1.165) is 0 Å². The average molecular weight is 408 g/mol. The SMILES string of the molecule is NC(=O)c1csc([C@@H]2C[C@H](S)CN2C(=O)OCc2ccc([N+](=O)[O-])cc2)n1. The molecule has 0 radical (unpaired) electrons. The number of ether oxygens (including phenoxy) is 1. The van der Waals surface area contributed by atoms with E-state index in [4.69, 9.17) is 10.5 Å². The Kier molecular flexibility index (Phi) is 5.61. The number of thiol groups is 1. The van der Waals surface area contributed by atoms with Crippen LogP contribution in [0, 0.1) is 10.1 Å². The summed E-state index contributed by atoms with van der Waals surface area (Å²) < 4.78 is 5.34. The lowest BCUT2D eigenvalue weighted by Gasteiger charge is -2.22. The fourth-order valence-electron chi connectivity index (χ4n) is 2.75. The van der Waals surface area contributed by atoms with Crippen LogP contribution >= 0.6 is 24.0 Å². The maximum Gasteiger partial charge on any atom is 0.410 e. The number of hydrogen-bond donors (Lipinski definition) is 2. The van der Waals surface area contributed by atoms with E-state index in [1.54, 1.807) is 5.38 Å². The standard InChI is InChI=1S/C16H16N4O5S2/c17-14(21)12-8-27-15(18-12)13-5-11(26)6-19(13)16(22)25-7-9-1-3-10(4-2-9)20(23)24/h1-4,8,11,13,26H,5-7H2,(H2,17,21)/t11-,13-/m0/s1. The molecule has 0 aliphatic carbocycles. The highest BCUT2D eigenvalue weighted by molar-refractivity contribution is 7.81. The Morgan fingerprint density at radius 1 is 1.41 bits per heavy atom. The molecule has 1 saturated heterocycles. The largest absolute Gasteiger partial charge is 0.445 e. The van der Waals surface area contributed by atoms with E-state index < -0.39 is 16.9 Å². The Morgan fingerprint density at radius 2 is 2.11 bits per heavy atom. The molecule has 1 aromatic heterocycles. The second kappa shape index (κ2) is 7.92. The zero-order valence-corrected chi connectivity index (χ0v) is 15.7. The Morgan fingerprint density at radius 3 is 2.70 bits per heavy atom. The van der Waals surface area contributed by atoms with E-state index in [1.165, 1.54) is 40.5 Å². The van der Waals surface area contributed by atoms with Gasteiger partial charge in [0.1, 0.15) is 17.3 Å². The summed E-state index contributed by atoms with van der Waals surface area (Å²) in [6.07, 6.45) is 0.0484. The maximum absolute atomic E-state index is 12.5. The third-order valence-electron chi connectivity index (χ3n) is 4.08. The number of primary amides is 1. The lowest BCUT2D eigenvalue weighted by Crippen LogP contribution is -2.31. The van der Waals surface area contributed by atoms with Crippen molar-refractivity contribution >= 4 is 41.7 Å². The summed E-state index contributed by atoms with van der Waals surface area (Å²) in [5, 5.41) is 12.8. The fraction of sp³-hybridized carbons (Fsp3) is 0.312. The van der Waals surface area contributed by atoms with Gasteiger partial charge in [-0.2, -0.15) is 12.6 Å². The average Bonchev–Trinajstić information content (AvgIpc) is 3.26. The molecule has 1 fully saturated rings. The molecule has 2 aromatic rings. The van der Waals surface area contributed by atoms with Crippen molar-refractivity contribution in [1.29, 1.82) is 0 Å². The molecular formula is C16H16N4O5S2. The van der Waals surface area contributed by atoms with Crippen molar-refractivity contribution in [2.45, 2.75) is 24.3 Å². The van der Waals surface area contributed by atoms with Gasteiger partial charge in [-0.15, -0.1) is 11.3 Å². The van der Waals surface area contributed by atoms with Gasteiger partial charge in [-0.1, -0.05) is 0 Å². The number of aromatic nitrogens is 1. The van der Waals surface area contributed by atoms with E-state index >= 15 is 0 Å². The summed E-state index contributed by atoms with van der Waals surface area (Å²) in [6, 6.07) is 5.44. The van der Waals surface area contributed by atoms with E-state index in [9.17, 15) is 19.7 Å². The van der Waals surface area contributed by atoms with E-state index in [1.807, 2.05) is 0 Å². The van der Waals surface area contributed by atoms with Gasteiger partial charge >= 0.3 is 6.09 Å². The van der Waals surface area contributed by atoms with Crippen LogP contribution < -0.4 is 5.73 Å². The quantitative estimate of drug-likeness (QED) is 0.444. The normalized spacial score (nSPS) is 19.1. The van der Waals surface area contributed by atoms with Gasteiger partial charge in [-0.25, -0.2) is 9.78 Å². The molecule has 0 spiro atoms. The maximum atomic E-state index is 12.5. The summed E-state index contributed by atoms with van der Waals surface area (Å²) in [5.74, 6) is -0.620. The van der Waals surface area contributed by atoms with E-state index in [2.05, 4.69) is 17.6 Å². The highest BCUT2D eigenvalue weighted by Gasteiger charge is 2.37. The molecule has 2 heterocycles. The molecule has 3 rings (SSSR count). The molecule has 27 heavy (non-hydrogen) atoms. The van der Waals surface area contributed by atoms with Gasteiger partial charge in [0.2, 0.25) is 0 Å². The molecule has 0 bridgehead atoms. The molecule has 11 heteroatoms. The summed E-state index contributed by atoms with van der Waals surface area (Å²) in [5.41, 5.74) is 6.00. The highest BCUT2D eigenvalue weighted by atomic mass is 32.1. The van der Waals surface area contributed by atoms with Gasteiger partial charge in [0, 0.05) is 29.3 Å². The first kappa shape index (κ1) is 19.1. The van der Waals surface area contributed by atoms with Gasteiger partial charge in [-0.3, -0.25) is 19.8 Å². The Labute approximate surface area is 163 Å². The smallest absolute Gasteiger partial charge is 0.410 e. The number of nitrogens with zero attached hydrogens (tertiary/aromatic N) is 3. The number of carbonyl (C=O) groups is 2. The van der Waals surface area contributed by atoms with Crippen molar-refractivity contribution in [3.63, 3.8) is 0 Å². The van der Waals surface area contributed by atoms with Gasteiger partial charge in [0.25, 0.3) is 11.6 Å². The molecule has 2 N–H and O–H groups in total. The van der Waals surface area contributed by atoms with Crippen molar-refractivity contribution in [3.8, 4) is 0 Å². The first-order valence-electron chi connectivity index (χ1n) is 7.95. The van der Waals surface area contributed by atoms with Crippen molar-refractivity contribution < 1.29 is 19.2 Å². The predicted molar refractivity (Wildman–Crippen MR) is 101 cm³/mol. The first-order valence-corrected chi connectivity index (χ1v) is 9.34. The number of rotatable bonds is 5. The van der Waals surface area contributed by atoms with E-state index in [-0.39, 0.29) is 29.3 Å². The first-order chi connectivity index (χ1) is 12.8. The Hall–Kier alpha value is -2.66. The monoisotopic (exact) mass is 408 g/mol. The molecule has 1 aliphatic heterocycles. The number of nitrogens with two attached hydrogens (primary N) is 1. The third kappa shape index (κ3) is 4.37. The molecule has 0 unspecified atom stereocenters. The number of non-ortho nitro benzene ring substituents is 1. The minimum atomic E-state index is -0.620. The van der Waals surface area contributed by atoms with Crippen LogP contribution in [0.2, 0.25) is 0 Å². The molecule has 0 saturated carbocycles. The number of thiazole rings is 1. The molecule has 1 aromatic carbocycles. The van der Waals surface area contributed by atoms with Gasteiger partial charge in [-0.05, 0) is 24.1 Å². The second-order valence-corrected chi connectivity index (χ2v) is 7.59. The lowest BCUT2D eigenvalue weighted by molar-refractivity contribution is -0.384. The molecule has 2 atom stereocenters. The number of amides is 2. The highest BCUT2D eigenvalue weighted by Crippen LogP contribution is 2.36. The number of nitro groups is 1. The van der Waals surface area contributed by atoms with Crippen molar-refractivity contribution in [2.75, 3.05) is 6.54 Å².